The molecule has 0 saturated carbocycles. The summed E-state index contributed by atoms with van der Waals surface area (Å²) in [7, 11) is 1.61. The maximum atomic E-state index is 13.2. The lowest BCUT2D eigenvalue weighted by Crippen LogP contribution is -2.29. The van der Waals surface area contributed by atoms with Crippen LogP contribution in [0.25, 0.3) is 11.0 Å². The number of carbonyl (C=O) groups excluding carboxylic acids is 2. The predicted octanol–water partition coefficient (Wildman–Crippen LogP) is 2.58. The lowest BCUT2D eigenvalue weighted by Gasteiger charge is -2.25. The lowest BCUT2D eigenvalue weighted by molar-refractivity contribution is -0.119. The summed E-state index contributed by atoms with van der Waals surface area (Å²) in [5.41, 5.74) is 3.48. The fourth-order valence-corrected chi connectivity index (χ4v) is 3.81. The summed E-state index contributed by atoms with van der Waals surface area (Å²) in [6, 6.07) is 7.47. The normalized spacial score (nSPS) is 14.3. The first-order valence-corrected chi connectivity index (χ1v) is 10.9. The minimum absolute atomic E-state index is 0.0578. The van der Waals surface area contributed by atoms with Crippen molar-refractivity contribution in [3.8, 4) is 0 Å². The number of carbonyl (C=O) groups is 2. The number of hydrogen-bond donors (Lipinski definition) is 3. The van der Waals surface area contributed by atoms with E-state index in [4.69, 9.17) is 4.74 Å². The maximum absolute atomic E-state index is 13.2. The van der Waals surface area contributed by atoms with E-state index in [1.165, 1.54) is 0 Å². The molecule has 0 aliphatic carbocycles. The Hall–Kier alpha value is -3.46. The van der Waals surface area contributed by atoms with E-state index in [1.54, 1.807) is 31.6 Å². The third-order valence-electron chi connectivity index (χ3n) is 5.64. The number of hydrogen-bond acceptors (Lipinski definition) is 6. The molecule has 1 fully saturated rings. The van der Waals surface area contributed by atoms with E-state index in [9.17, 15) is 9.59 Å². The first-order valence-electron chi connectivity index (χ1n) is 10.9. The molecule has 2 amide bonds. The van der Waals surface area contributed by atoms with Gasteiger partial charge in [-0.15, -0.1) is 0 Å². The molecule has 4 rings (SSSR count). The molecule has 0 spiro atoms. The SMILES string of the molecule is CCn1ncc2c(NC3CCOCC3)c(C(=O)Nc3ccc(CC(=O)NC)cc3)cnc21. The molecule has 0 atom stereocenters. The minimum Gasteiger partial charge on any atom is -0.381 e. The van der Waals surface area contributed by atoms with Crippen molar-refractivity contribution in [1.82, 2.24) is 20.1 Å². The van der Waals surface area contributed by atoms with Crippen molar-refractivity contribution in [3.63, 3.8) is 0 Å². The Labute approximate surface area is 186 Å². The van der Waals surface area contributed by atoms with Gasteiger partial charge in [0.15, 0.2) is 5.65 Å². The Kier molecular flexibility index (Phi) is 6.65. The first-order chi connectivity index (χ1) is 15.6. The highest BCUT2D eigenvalue weighted by Gasteiger charge is 2.22. The average Bonchev–Trinajstić information content (AvgIpc) is 3.25. The summed E-state index contributed by atoms with van der Waals surface area (Å²) >= 11 is 0. The van der Waals surface area contributed by atoms with E-state index >= 15 is 0 Å². The Balaban J connectivity index is 1.60. The number of amides is 2. The summed E-state index contributed by atoms with van der Waals surface area (Å²) in [4.78, 5) is 29.3. The van der Waals surface area contributed by atoms with Gasteiger partial charge in [-0.1, -0.05) is 12.1 Å². The third-order valence-corrected chi connectivity index (χ3v) is 5.64. The number of rotatable bonds is 7. The highest BCUT2D eigenvalue weighted by Crippen LogP contribution is 2.29. The molecule has 0 radical (unpaired) electrons. The van der Waals surface area contributed by atoms with E-state index < -0.39 is 0 Å². The molecule has 1 aliphatic rings. The molecule has 0 unspecified atom stereocenters. The lowest BCUT2D eigenvalue weighted by atomic mass is 10.1. The van der Waals surface area contributed by atoms with Crippen LogP contribution in [0.15, 0.2) is 36.7 Å². The summed E-state index contributed by atoms with van der Waals surface area (Å²) in [6.07, 6.45) is 5.41. The van der Waals surface area contributed by atoms with Crippen LogP contribution in [-0.2, 0) is 22.5 Å². The van der Waals surface area contributed by atoms with E-state index in [0.29, 0.717) is 37.4 Å². The topological polar surface area (TPSA) is 110 Å². The highest BCUT2D eigenvalue weighted by atomic mass is 16.5. The van der Waals surface area contributed by atoms with Crippen molar-refractivity contribution in [2.75, 3.05) is 30.9 Å². The molecule has 3 N–H and O–H groups in total. The van der Waals surface area contributed by atoms with Gasteiger partial charge in [0.2, 0.25) is 5.91 Å². The zero-order valence-electron chi connectivity index (χ0n) is 18.4. The fourth-order valence-electron chi connectivity index (χ4n) is 3.81. The molecule has 3 aromatic rings. The van der Waals surface area contributed by atoms with Crippen LogP contribution in [0.2, 0.25) is 0 Å². The van der Waals surface area contributed by atoms with Crippen LogP contribution in [0.5, 0.6) is 0 Å². The van der Waals surface area contributed by atoms with Crippen LogP contribution in [0.4, 0.5) is 11.4 Å². The molecule has 9 nitrogen and oxygen atoms in total. The zero-order chi connectivity index (χ0) is 22.5. The monoisotopic (exact) mass is 436 g/mol. The molecule has 168 valence electrons. The first kappa shape index (κ1) is 21.8. The van der Waals surface area contributed by atoms with Crippen LogP contribution in [-0.4, -0.2) is 52.9 Å². The Morgan fingerprint density at radius 2 is 1.91 bits per heavy atom. The van der Waals surface area contributed by atoms with Crippen LogP contribution >= 0.6 is 0 Å². The van der Waals surface area contributed by atoms with Crippen molar-refractivity contribution < 1.29 is 14.3 Å². The number of aryl methyl sites for hydroxylation is 1. The van der Waals surface area contributed by atoms with Gasteiger partial charge in [0.25, 0.3) is 5.91 Å². The van der Waals surface area contributed by atoms with Crippen LogP contribution in [0.3, 0.4) is 0 Å². The van der Waals surface area contributed by atoms with E-state index in [1.807, 2.05) is 23.7 Å². The van der Waals surface area contributed by atoms with Crippen molar-refractivity contribution in [2.24, 2.45) is 0 Å². The minimum atomic E-state index is -0.253. The third kappa shape index (κ3) is 4.72. The molecule has 1 saturated heterocycles. The number of anilines is 2. The largest absolute Gasteiger partial charge is 0.381 e. The number of nitrogens with one attached hydrogen (secondary N) is 3. The molecule has 1 aliphatic heterocycles. The van der Waals surface area contributed by atoms with Gasteiger partial charge >= 0.3 is 0 Å². The number of benzene rings is 1. The predicted molar refractivity (Wildman–Crippen MR) is 123 cm³/mol. The number of likely N-dealkylation sites (N-methyl/N-ethyl adjacent to an activating group) is 1. The highest BCUT2D eigenvalue weighted by molar-refractivity contribution is 6.12. The van der Waals surface area contributed by atoms with Gasteiger partial charge in [-0.2, -0.15) is 5.10 Å². The van der Waals surface area contributed by atoms with Gasteiger partial charge in [-0.3, -0.25) is 9.59 Å². The molecular weight excluding hydrogens is 408 g/mol. The van der Waals surface area contributed by atoms with Crippen molar-refractivity contribution in [2.45, 2.75) is 38.8 Å². The molecule has 1 aromatic carbocycles. The zero-order valence-corrected chi connectivity index (χ0v) is 18.4. The van der Waals surface area contributed by atoms with E-state index in [2.05, 4.69) is 26.0 Å². The Morgan fingerprint density at radius 3 is 2.59 bits per heavy atom. The molecule has 32 heavy (non-hydrogen) atoms. The van der Waals surface area contributed by atoms with Crippen LogP contribution < -0.4 is 16.0 Å². The van der Waals surface area contributed by atoms with Gasteiger partial charge in [0.05, 0.1) is 29.3 Å². The standard InChI is InChI=1S/C23H28N6O3/c1-3-29-22-18(14-26-29)21(27-17-8-10-32-11-9-17)19(13-25-22)23(31)28-16-6-4-15(5-7-16)12-20(30)24-2/h4-7,13-14,17H,3,8-12H2,1-2H3,(H,24,30)(H,25,27)(H,28,31). The fraction of sp³-hybridized carbons (Fsp3) is 0.391. The smallest absolute Gasteiger partial charge is 0.259 e. The van der Waals surface area contributed by atoms with Gasteiger partial charge in [-0.05, 0) is 37.5 Å². The summed E-state index contributed by atoms with van der Waals surface area (Å²) in [5.74, 6) is -0.310. The van der Waals surface area contributed by atoms with Crippen molar-refractivity contribution >= 4 is 34.2 Å². The number of nitrogens with zero attached hydrogens (tertiary/aromatic N) is 3. The second-order valence-corrected chi connectivity index (χ2v) is 7.78. The van der Waals surface area contributed by atoms with Gasteiger partial charge in [0, 0.05) is 44.7 Å². The summed E-state index contributed by atoms with van der Waals surface area (Å²) in [6.45, 7) is 4.10. The summed E-state index contributed by atoms with van der Waals surface area (Å²) < 4.78 is 7.29. The molecule has 9 heteroatoms. The second kappa shape index (κ2) is 9.78. The quantitative estimate of drug-likeness (QED) is 0.525. The number of fused-ring (bicyclic) bond motifs is 1. The number of ether oxygens (including phenoxy) is 1. The Bertz CT molecular complexity index is 1100. The molecule has 2 aromatic heterocycles. The van der Waals surface area contributed by atoms with E-state index in [-0.39, 0.29) is 17.9 Å². The maximum Gasteiger partial charge on any atom is 0.259 e. The van der Waals surface area contributed by atoms with Crippen molar-refractivity contribution in [1.29, 1.82) is 0 Å². The van der Waals surface area contributed by atoms with E-state index in [0.717, 1.165) is 35.1 Å². The Morgan fingerprint density at radius 1 is 1.16 bits per heavy atom. The summed E-state index contributed by atoms with van der Waals surface area (Å²) in [5, 5.41) is 14.3. The van der Waals surface area contributed by atoms with Gasteiger partial charge in [-0.25, -0.2) is 9.67 Å². The molecule has 0 bridgehead atoms. The second-order valence-electron chi connectivity index (χ2n) is 7.78. The molecular formula is C23H28N6O3. The van der Waals surface area contributed by atoms with Gasteiger partial charge in [0.1, 0.15) is 0 Å². The average molecular weight is 437 g/mol. The number of aromatic nitrogens is 3. The molecule has 3 heterocycles. The number of pyridine rings is 1. The van der Waals surface area contributed by atoms with Gasteiger partial charge < -0.3 is 20.7 Å². The van der Waals surface area contributed by atoms with Crippen LogP contribution in [0, 0.1) is 0 Å². The van der Waals surface area contributed by atoms with Crippen LogP contribution in [0.1, 0.15) is 35.7 Å². The van der Waals surface area contributed by atoms with Crippen molar-refractivity contribution in [3.05, 3.63) is 47.8 Å².